The minimum absolute atomic E-state index is 0.112. The third kappa shape index (κ3) is 15.6. The fourth-order valence-electron chi connectivity index (χ4n) is 1.75. The van der Waals surface area contributed by atoms with Gasteiger partial charge in [-0.2, -0.15) is 8.42 Å². The molecule has 0 atom stereocenters. The zero-order valence-electron chi connectivity index (χ0n) is 10.4. The van der Waals surface area contributed by atoms with Crippen LogP contribution >= 0.6 is 0 Å². The van der Waals surface area contributed by atoms with Crippen molar-refractivity contribution < 1.29 is 17.8 Å². The number of unbranched alkanes of at least 4 members (excludes halogenated alkanes) is 9. The number of aldehydes is 1. The number of hydrogen-bond donors (Lipinski definition) is 1. The highest BCUT2D eigenvalue weighted by Gasteiger charge is 2.02. The monoisotopic (exact) mass is 264 g/mol. The van der Waals surface area contributed by atoms with Gasteiger partial charge in [0, 0.05) is 6.42 Å². The zero-order chi connectivity index (χ0) is 13.0. The summed E-state index contributed by atoms with van der Waals surface area (Å²) >= 11 is 0. The van der Waals surface area contributed by atoms with Gasteiger partial charge in [0.1, 0.15) is 6.29 Å². The summed E-state index contributed by atoms with van der Waals surface area (Å²) < 4.78 is 29.4. The Labute approximate surface area is 105 Å². The van der Waals surface area contributed by atoms with Gasteiger partial charge in [0.25, 0.3) is 10.1 Å². The summed E-state index contributed by atoms with van der Waals surface area (Å²) in [7, 11) is -3.76. The summed E-state index contributed by atoms with van der Waals surface area (Å²) in [5.74, 6) is -0.112. The number of carbonyl (C=O) groups is 1. The molecule has 0 aliphatic rings. The van der Waals surface area contributed by atoms with E-state index in [0.717, 1.165) is 38.4 Å². The lowest BCUT2D eigenvalue weighted by Crippen LogP contribution is -2.03. The molecule has 0 unspecified atom stereocenters. The van der Waals surface area contributed by atoms with Gasteiger partial charge in [0.2, 0.25) is 0 Å². The molecule has 0 saturated heterocycles. The Morgan fingerprint density at radius 1 is 0.765 bits per heavy atom. The summed E-state index contributed by atoms with van der Waals surface area (Å²) in [5, 5.41) is 0. The highest BCUT2D eigenvalue weighted by atomic mass is 32.2. The third-order valence-electron chi connectivity index (χ3n) is 2.72. The molecule has 0 radical (unpaired) electrons. The van der Waals surface area contributed by atoms with Crippen LogP contribution in [-0.4, -0.2) is 25.0 Å². The second-order valence-electron chi connectivity index (χ2n) is 4.42. The SMILES string of the molecule is O=CCCCCCCCCCCCS(=O)(=O)O. The molecule has 1 N–H and O–H groups in total. The van der Waals surface area contributed by atoms with Crippen LogP contribution in [0.25, 0.3) is 0 Å². The lowest BCUT2D eigenvalue weighted by molar-refractivity contribution is -0.107. The Bertz CT molecular complexity index is 272. The van der Waals surface area contributed by atoms with Gasteiger partial charge in [-0.3, -0.25) is 4.55 Å². The van der Waals surface area contributed by atoms with Crippen molar-refractivity contribution in [1.82, 2.24) is 0 Å². The molecule has 17 heavy (non-hydrogen) atoms. The van der Waals surface area contributed by atoms with Crippen molar-refractivity contribution >= 4 is 16.4 Å². The van der Waals surface area contributed by atoms with Crippen LogP contribution in [0.2, 0.25) is 0 Å². The zero-order valence-corrected chi connectivity index (χ0v) is 11.3. The van der Waals surface area contributed by atoms with Gasteiger partial charge >= 0.3 is 0 Å². The summed E-state index contributed by atoms with van der Waals surface area (Å²) in [6, 6.07) is 0. The van der Waals surface area contributed by atoms with E-state index in [-0.39, 0.29) is 5.75 Å². The van der Waals surface area contributed by atoms with Crippen LogP contribution in [0, 0.1) is 0 Å². The van der Waals surface area contributed by atoms with Crippen LogP contribution in [0.4, 0.5) is 0 Å². The van der Waals surface area contributed by atoms with Crippen LogP contribution in [0.5, 0.6) is 0 Å². The molecule has 0 spiro atoms. The van der Waals surface area contributed by atoms with Gasteiger partial charge in [-0.1, -0.05) is 44.9 Å². The Kier molecular flexibility index (Phi) is 10.5. The van der Waals surface area contributed by atoms with E-state index < -0.39 is 10.1 Å². The van der Waals surface area contributed by atoms with Gasteiger partial charge in [-0.05, 0) is 12.8 Å². The maximum atomic E-state index is 10.4. The molecule has 0 amide bonds. The molecule has 0 aliphatic heterocycles. The van der Waals surface area contributed by atoms with Crippen molar-refractivity contribution in [2.45, 2.75) is 64.2 Å². The standard InChI is InChI=1S/C12H24O4S/c13-11-9-7-5-3-1-2-4-6-8-10-12-17(14,15)16/h11H,1-10,12H2,(H,14,15,16). The van der Waals surface area contributed by atoms with Crippen LogP contribution < -0.4 is 0 Å². The topological polar surface area (TPSA) is 71.4 Å². The van der Waals surface area contributed by atoms with E-state index in [4.69, 9.17) is 4.55 Å². The summed E-state index contributed by atoms with van der Waals surface area (Å²) in [6.07, 6.45) is 10.9. The molecule has 0 aromatic heterocycles. The average molecular weight is 264 g/mol. The predicted octanol–water partition coefficient (Wildman–Crippen LogP) is 2.97. The minimum atomic E-state index is -3.76. The van der Waals surface area contributed by atoms with Crippen molar-refractivity contribution in [2.24, 2.45) is 0 Å². The van der Waals surface area contributed by atoms with Crippen LogP contribution in [-0.2, 0) is 14.9 Å². The van der Waals surface area contributed by atoms with E-state index in [1.54, 1.807) is 0 Å². The molecule has 5 heteroatoms. The van der Waals surface area contributed by atoms with E-state index in [2.05, 4.69) is 0 Å². The van der Waals surface area contributed by atoms with Gasteiger partial charge in [0.05, 0.1) is 5.75 Å². The second-order valence-corrected chi connectivity index (χ2v) is 6.00. The summed E-state index contributed by atoms with van der Waals surface area (Å²) in [6.45, 7) is 0. The molecule has 0 aromatic rings. The maximum Gasteiger partial charge on any atom is 0.264 e. The van der Waals surface area contributed by atoms with Gasteiger partial charge in [-0.15, -0.1) is 0 Å². The molecule has 0 rings (SSSR count). The number of rotatable bonds is 12. The van der Waals surface area contributed by atoms with Crippen molar-refractivity contribution in [2.75, 3.05) is 5.75 Å². The fraction of sp³-hybridized carbons (Fsp3) is 0.917. The van der Waals surface area contributed by atoms with Gasteiger partial charge < -0.3 is 4.79 Å². The lowest BCUT2D eigenvalue weighted by atomic mass is 10.1. The summed E-state index contributed by atoms with van der Waals surface area (Å²) in [5.41, 5.74) is 0. The van der Waals surface area contributed by atoms with E-state index >= 15 is 0 Å². The predicted molar refractivity (Wildman–Crippen MR) is 68.6 cm³/mol. The highest BCUT2D eigenvalue weighted by molar-refractivity contribution is 7.85. The second kappa shape index (κ2) is 10.7. The molecule has 0 aliphatic carbocycles. The Morgan fingerprint density at radius 3 is 1.59 bits per heavy atom. The average Bonchev–Trinajstić information content (AvgIpc) is 2.24. The summed E-state index contributed by atoms with van der Waals surface area (Å²) in [4.78, 5) is 10.1. The van der Waals surface area contributed by atoms with Crippen molar-refractivity contribution in [3.8, 4) is 0 Å². The number of hydrogen-bond acceptors (Lipinski definition) is 3. The molecule has 0 saturated carbocycles. The van der Waals surface area contributed by atoms with E-state index in [1.165, 1.54) is 19.3 Å². The molecule has 102 valence electrons. The van der Waals surface area contributed by atoms with Gasteiger partial charge in [-0.25, -0.2) is 0 Å². The first kappa shape index (κ1) is 16.6. The Balaban J connectivity index is 3.06. The van der Waals surface area contributed by atoms with Crippen LogP contribution in [0.15, 0.2) is 0 Å². The molecular weight excluding hydrogens is 240 g/mol. The molecule has 0 fully saturated rings. The van der Waals surface area contributed by atoms with E-state index in [9.17, 15) is 13.2 Å². The van der Waals surface area contributed by atoms with Crippen molar-refractivity contribution in [3.05, 3.63) is 0 Å². The normalized spacial score (nSPS) is 11.6. The third-order valence-corrected chi connectivity index (χ3v) is 3.53. The largest absolute Gasteiger partial charge is 0.303 e. The first-order chi connectivity index (χ1) is 8.06. The molecule has 0 aromatic carbocycles. The maximum absolute atomic E-state index is 10.4. The lowest BCUT2D eigenvalue weighted by Gasteiger charge is -2.01. The Morgan fingerprint density at radius 2 is 1.18 bits per heavy atom. The van der Waals surface area contributed by atoms with Crippen molar-refractivity contribution in [3.63, 3.8) is 0 Å². The minimum Gasteiger partial charge on any atom is -0.303 e. The number of carbonyl (C=O) groups excluding carboxylic acids is 1. The first-order valence-electron chi connectivity index (χ1n) is 6.45. The quantitative estimate of drug-likeness (QED) is 0.334. The molecular formula is C12H24O4S. The fourth-order valence-corrected chi connectivity index (χ4v) is 2.32. The first-order valence-corrected chi connectivity index (χ1v) is 8.06. The highest BCUT2D eigenvalue weighted by Crippen LogP contribution is 2.10. The molecule has 0 bridgehead atoms. The Hall–Kier alpha value is -0.420. The van der Waals surface area contributed by atoms with Crippen LogP contribution in [0.3, 0.4) is 0 Å². The van der Waals surface area contributed by atoms with Gasteiger partial charge in [0.15, 0.2) is 0 Å². The molecule has 4 nitrogen and oxygen atoms in total. The van der Waals surface area contributed by atoms with E-state index in [1.807, 2.05) is 0 Å². The smallest absolute Gasteiger partial charge is 0.264 e. The van der Waals surface area contributed by atoms with Crippen molar-refractivity contribution in [1.29, 1.82) is 0 Å². The molecule has 0 heterocycles. The van der Waals surface area contributed by atoms with E-state index in [0.29, 0.717) is 12.8 Å². The van der Waals surface area contributed by atoms with Crippen LogP contribution in [0.1, 0.15) is 64.2 Å².